The Morgan fingerprint density at radius 3 is 2.89 bits per heavy atom. The molecule has 4 rings (SSSR count). The molecule has 2 aromatic heterocycles. The van der Waals surface area contributed by atoms with Gasteiger partial charge in [0, 0.05) is 17.7 Å². The summed E-state index contributed by atoms with van der Waals surface area (Å²) in [7, 11) is 0. The van der Waals surface area contributed by atoms with Crippen LogP contribution in [0.5, 0.6) is 11.6 Å². The molecule has 28 heavy (non-hydrogen) atoms. The van der Waals surface area contributed by atoms with Gasteiger partial charge >= 0.3 is 6.36 Å². The molecule has 1 aliphatic rings. The third-order valence-corrected chi connectivity index (χ3v) is 4.58. The maximum Gasteiger partial charge on any atom is 0.573 e. The molecule has 1 aliphatic heterocycles. The van der Waals surface area contributed by atoms with Crippen molar-refractivity contribution >= 4 is 5.65 Å². The van der Waals surface area contributed by atoms with Crippen molar-refractivity contribution < 1.29 is 22.6 Å². The molecule has 0 saturated carbocycles. The lowest BCUT2D eigenvalue weighted by atomic mass is 10.1. The van der Waals surface area contributed by atoms with Crippen LogP contribution in [0.4, 0.5) is 13.2 Å². The summed E-state index contributed by atoms with van der Waals surface area (Å²) in [4.78, 5) is 4.26. The molecule has 3 aromatic rings. The minimum absolute atomic E-state index is 0.295. The highest BCUT2D eigenvalue weighted by Crippen LogP contribution is 2.28. The number of hydrogen-bond donors (Lipinski definition) is 1. The van der Waals surface area contributed by atoms with Gasteiger partial charge < -0.3 is 14.8 Å². The van der Waals surface area contributed by atoms with Crippen LogP contribution >= 0.6 is 0 Å². The van der Waals surface area contributed by atoms with Crippen molar-refractivity contribution in [3.8, 4) is 22.9 Å². The van der Waals surface area contributed by atoms with Gasteiger partial charge in [-0.15, -0.1) is 18.3 Å². The van der Waals surface area contributed by atoms with Crippen LogP contribution in [0.25, 0.3) is 16.9 Å². The molecule has 0 bridgehead atoms. The number of imidazole rings is 1. The Morgan fingerprint density at radius 2 is 2.11 bits per heavy atom. The molecular weight excluding hydrogens is 373 g/mol. The van der Waals surface area contributed by atoms with Crippen LogP contribution in [0.1, 0.15) is 19.3 Å². The van der Waals surface area contributed by atoms with E-state index in [9.17, 15) is 13.2 Å². The second kappa shape index (κ2) is 7.67. The van der Waals surface area contributed by atoms with Crippen LogP contribution in [0, 0.1) is 0 Å². The summed E-state index contributed by atoms with van der Waals surface area (Å²) in [6, 6.07) is 9.69. The third-order valence-electron chi connectivity index (χ3n) is 4.58. The third kappa shape index (κ3) is 4.36. The van der Waals surface area contributed by atoms with E-state index in [-0.39, 0.29) is 5.75 Å². The van der Waals surface area contributed by atoms with E-state index in [1.807, 2.05) is 0 Å². The van der Waals surface area contributed by atoms with Gasteiger partial charge in [-0.25, -0.2) is 9.50 Å². The molecule has 1 fully saturated rings. The number of nitrogens with zero attached hydrogens (tertiary/aromatic N) is 3. The van der Waals surface area contributed by atoms with Crippen LogP contribution < -0.4 is 14.8 Å². The van der Waals surface area contributed by atoms with E-state index in [1.54, 1.807) is 28.9 Å². The lowest BCUT2D eigenvalue weighted by Crippen LogP contribution is -2.23. The Kier molecular flexibility index (Phi) is 5.08. The number of alkyl halides is 3. The van der Waals surface area contributed by atoms with Gasteiger partial charge in [0.05, 0.1) is 18.5 Å². The molecule has 9 heteroatoms. The average molecular weight is 392 g/mol. The Morgan fingerprint density at radius 1 is 1.21 bits per heavy atom. The summed E-state index contributed by atoms with van der Waals surface area (Å²) in [5.41, 5.74) is 1.63. The zero-order valence-electron chi connectivity index (χ0n) is 14.9. The standard InChI is InChI=1S/C19H19F3N4O2/c20-19(21,22)28-15-5-1-3-13(11-15)16-12-24-17-6-7-18(25-26(16)17)27-10-8-14-4-2-9-23-14/h1,3,5-7,11-12,14,23H,2,4,8-10H2. The van der Waals surface area contributed by atoms with E-state index in [1.165, 1.54) is 24.6 Å². The second-order valence-electron chi connectivity index (χ2n) is 6.59. The number of halogens is 3. The molecule has 1 aromatic carbocycles. The first-order chi connectivity index (χ1) is 13.5. The van der Waals surface area contributed by atoms with E-state index in [4.69, 9.17) is 4.74 Å². The highest BCUT2D eigenvalue weighted by Gasteiger charge is 2.31. The fourth-order valence-electron chi connectivity index (χ4n) is 3.29. The van der Waals surface area contributed by atoms with Crippen LogP contribution in [0.15, 0.2) is 42.6 Å². The van der Waals surface area contributed by atoms with Crippen LogP contribution in [-0.2, 0) is 0 Å². The molecule has 1 N–H and O–H groups in total. The summed E-state index contributed by atoms with van der Waals surface area (Å²) in [5.74, 6) is 0.142. The normalized spacial score (nSPS) is 17.2. The van der Waals surface area contributed by atoms with Gasteiger partial charge in [-0.2, -0.15) is 0 Å². The minimum atomic E-state index is -4.74. The van der Waals surface area contributed by atoms with Crippen LogP contribution in [0.3, 0.4) is 0 Å². The lowest BCUT2D eigenvalue weighted by molar-refractivity contribution is -0.274. The number of aromatic nitrogens is 3. The van der Waals surface area contributed by atoms with Crippen molar-refractivity contribution in [3.63, 3.8) is 0 Å². The average Bonchev–Trinajstić information content (AvgIpc) is 3.30. The van der Waals surface area contributed by atoms with Gasteiger partial charge in [-0.05, 0) is 44.0 Å². The van der Waals surface area contributed by atoms with E-state index in [2.05, 4.69) is 20.1 Å². The number of fused-ring (bicyclic) bond motifs is 1. The van der Waals surface area contributed by atoms with E-state index in [0.717, 1.165) is 19.4 Å². The molecule has 6 nitrogen and oxygen atoms in total. The minimum Gasteiger partial charge on any atom is -0.477 e. The number of ether oxygens (including phenoxy) is 2. The molecule has 0 amide bonds. The van der Waals surface area contributed by atoms with E-state index < -0.39 is 6.36 Å². The predicted octanol–water partition coefficient (Wildman–Crippen LogP) is 3.82. The number of hydrogen-bond acceptors (Lipinski definition) is 5. The van der Waals surface area contributed by atoms with Gasteiger partial charge in [-0.3, -0.25) is 0 Å². The highest BCUT2D eigenvalue weighted by molar-refractivity contribution is 5.64. The zero-order chi connectivity index (χ0) is 19.6. The number of nitrogens with one attached hydrogen (secondary N) is 1. The van der Waals surface area contributed by atoms with Gasteiger partial charge in [0.2, 0.25) is 5.88 Å². The summed E-state index contributed by atoms with van der Waals surface area (Å²) < 4.78 is 48.7. The van der Waals surface area contributed by atoms with Crippen LogP contribution in [0.2, 0.25) is 0 Å². The first-order valence-electron chi connectivity index (χ1n) is 9.05. The second-order valence-corrected chi connectivity index (χ2v) is 6.59. The fraction of sp³-hybridized carbons (Fsp3) is 0.368. The van der Waals surface area contributed by atoms with E-state index >= 15 is 0 Å². The smallest absolute Gasteiger partial charge is 0.477 e. The first-order valence-corrected chi connectivity index (χ1v) is 9.05. The summed E-state index contributed by atoms with van der Waals surface area (Å²) in [5, 5.41) is 7.84. The summed E-state index contributed by atoms with van der Waals surface area (Å²) in [6.45, 7) is 1.58. The molecule has 1 unspecified atom stereocenters. The molecule has 1 atom stereocenters. The maximum absolute atomic E-state index is 12.5. The number of rotatable bonds is 6. The van der Waals surface area contributed by atoms with Crippen molar-refractivity contribution in [1.82, 2.24) is 19.9 Å². The summed E-state index contributed by atoms with van der Waals surface area (Å²) in [6.07, 6.45) is 0.0440. The zero-order valence-corrected chi connectivity index (χ0v) is 14.9. The van der Waals surface area contributed by atoms with Crippen molar-refractivity contribution in [2.75, 3.05) is 13.2 Å². The Labute approximate surface area is 159 Å². The quantitative estimate of drug-likeness (QED) is 0.691. The topological polar surface area (TPSA) is 60.7 Å². The van der Waals surface area contributed by atoms with Crippen molar-refractivity contribution in [1.29, 1.82) is 0 Å². The molecule has 1 saturated heterocycles. The lowest BCUT2D eigenvalue weighted by Gasteiger charge is -2.11. The molecule has 148 valence electrons. The molecule has 0 spiro atoms. The Bertz CT molecular complexity index is 952. The van der Waals surface area contributed by atoms with Crippen molar-refractivity contribution in [3.05, 3.63) is 42.6 Å². The number of benzene rings is 1. The van der Waals surface area contributed by atoms with Crippen molar-refractivity contribution in [2.24, 2.45) is 0 Å². The highest BCUT2D eigenvalue weighted by atomic mass is 19.4. The van der Waals surface area contributed by atoms with E-state index in [0.29, 0.717) is 35.4 Å². The van der Waals surface area contributed by atoms with Crippen LogP contribution in [-0.4, -0.2) is 40.2 Å². The van der Waals surface area contributed by atoms with Gasteiger partial charge in [0.1, 0.15) is 5.75 Å². The van der Waals surface area contributed by atoms with Gasteiger partial charge in [-0.1, -0.05) is 12.1 Å². The SMILES string of the molecule is FC(F)(F)Oc1cccc(-c2cnc3ccc(OCCC4CCCN4)nn23)c1. The largest absolute Gasteiger partial charge is 0.573 e. The first kappa shape index (κ1) is 18.5. The van der Waals surface area contributed by atoms with Gasteiger partial charge in [0.25, 0.3) is 0 Å². The molecule has 0 radical (unpaired) electrons. The molecule has 3 heterocycles. The fourth-order valence-corrected chi connectivity index (χ4v) is 3.29. The summed E-state index contributed by atoms with van der Waals surface area (Å²) >= 11 is 0. The Balaban J connectivity index is 1.53. The maximum atomic E-state index is 12.5. The molecular formula is C19H19F3N4O2. The predicted molar refractivity (Wildman–Crippen MR) is 96.2 cm³/mol. The van der Waals surface area contributed by atoms with Crippen molar-refractivity contribution in [2.45, 2.75) is 31.7 Å². The molecule has 0 aliphatic carbocycles. The monoisotopic (exact) mass is 392 g/mol. The van der Waals surface area contributed by atoms with Gasteiger partial charge in [0.15, 0.2) is 5.65 Å². The Hall–Kier alpha value is -2.81.